The zero-order valence-corrected chi connectivity index (χ0v) is 18.0. The van der Waals surface area contributed by atoms with Gasteiger partial charge in [-0.25, -0.2) is 4.79 Å². The van der Waals surface area contributed by atoms with Gasteiger partial charge in [-0.2, -0.15) is 0 Å². The van der Waals surface area contributed by atoms with E-state index in [1.165, 1.54) is 23.0 Å². The Morgan fingerprint density at radius 1 is 1.28 bits per heavy atom. The average Bonchev–Trinajstić information content (AvgIpc) is 3.36. The minimum atomic E-state index is -1.15. The Balaban J connectivity index is 2.10. The second-order valence-corrected chi connectivity index (χ2v) is 8.19. The molecule has 9 nitrogen and oxygen atoms in total. The maximum atomic E-state index is 13.6. The Kier molecular flexibility index (Phi) is 6.78. The first-order valence-electron chi connectivity index (χ1n) is 10.4. The van der Waals surface area contributed by atoms with Crippen molar-refractivity contribution in [1.29, 1.82) is 0 Å². The fourth-order valence-electron chi connectivity index (χ4n) is 4.33. The van der Waals surface area contributed by atoms with Gasteiger partial charge in [0.25, 0.3) is 0 Å². The lowest BCUT2D eigenvalue weighted by atomic mass is 9.72. The lowest BCUT2D eigenvalue weighted by Crippen LogP contribution is -2.52. The molecule has 1 aromatic heterocycles. The molecule has 0 aliphatic carbocycles. The molecule has 9 heteroatoms. The van der Waals surface area contributed by atoms with Gasteiger partial charge in [0.05, 0.1) is 11.7 Å². The summed E-state index contributed by atoms with van der Waals surface area (Å²) in [5.74, 6) is -2.54. The van der Waals surface area contributed by atoms with Crippen LogP contribution in [0.1, 0.15) is 48.7 Å². The third kappa shape index (κ3) is 4.57. The molecular weight excluding hydrogens is 414 g/mol. The van der Waals surface area contributed by atoms with Crippen molar-refractivity contribution in [1.82, 2.24) is 9.88 Å². The van der Waals surface area contributed by atoms with Crippen LogP contribution in [0.15, 0.2) is 48.8 Å². The Morgan fingerprint density at radius 2 is 1.97 bits per heavy atom. The number of carbonyl (C=O) groups is 4. The SMILES string of the molecule is CCC1OCC(=O)C1NC(=O)C(n1ccc(C(=O)O)c1)C(C)(CC(N)=O)c1ccccc1. The van der Waals surface area contributed by atoms with E-state index >= 15 is 0 Å². The molecule has 0 saturated carbocycles. The van der Waals surface area contributed by atoms with Crippen LogP contribution in [-0.2, 0) is 24.5 Å². The monoisotopic (exact) mass is 441 g/mol. The standard InChI is InChI=1S/C23H27N3O6/c1-3-17-19(16(27)13-32-17)25-21(29)20(26-10-9-14(12-26)22(30)31)23(2,11-18(24)28)15-7-5-4-6-8-15/h4-10,12,17,19-20H,3,11,13H2,1-2H3,(H2,24,28)(H,25,29)(H,30,31). The number of hydrogen-bond acceptors (Lipinski definition) is 5. The smallest absolute Gasteiger partial charge is 0.337 e. The molecule has 4 unspecified atom stereocenters. The number of aromatic carboxylic acids is 1. The van der Waals surface area contributed by atoms with Crippen LogP contribution in [0.25, 0.3) is 0 Å². The molecule has 2 heterocycles. The predicted octanol–water partition coefficient (Wildman–Crippen LogP) is 1.42. The van der Waals surface area contributed by atoms with Crippen LogP contribution in [0, 0.1) is 0 Å². The van der Waals surface area contributed by atoms with Gasteiger partial charge in [0, 0.05) is 24.2 Å². The number of nitrogens with one attached hydrogen (secondary N) is 1. The number of nitrogens with two attached hydrogens (primary N) is 1. The summed E-state index contributed by atoms with van der Waals surface area (Å²) in [6.45, 7) is 3.49. The zero-order valence-electron chi connectivity index (χ0n) is 18.0. The second-order valence-electron chi connectivity index (χ2n) is 8.19. The van der Waals surface area contributed by atoms with Gasteiger partial charge in [-0.1, -0.05) is 44.2 Å². The molecule has 1 saturated heterocycles. The van der Waals surface area contributed by atoms with E-state index < -0.39 is 41.4 Å². The van der Waals surface area contributed by atoms with E-state index in [1.54, 1.807) is 31.2 Å². The van der Waals surface area contributed by atoms with Crippen molar-refractivity contribution in [2.24, 2.45) is 5.73 Å². The van der Waals surface area contributed by atoms with Gasteiger partial charge in [0.15, 0.2) is 5.78 Å². The molecule has 32 heavy (non-hydrogen) atoms. The van der Waals surface area contributed by atoms with Gasteiger partial charge in [-0.3, -0.25) is 14.4 Å². The van der Waals surface area contributed by atoms with Crippen LogP contribution in [0.4, 0.5) is 0 Å². The largest absolute Gasteiger partial charge is 0.478 e. The number of carboxylic acids is 1. The van der Waals surface area contributed by atoms with Crippen molar-refractivity contribution in [2.75, 3.05) is 6.61 Å². The predicted molar refractivity (Wildman–Crippen MR) is 115 cm³/mol. The van der Waals surface area contributed by atoms with E-state index in [2.05, 4.69) is 5.32 Å². The number of ketones is 1. The van der Waals surface area contributed by atoms with Crippen LogP contribution in [0.2, 0.25) is 0 Å². The molecule has 170 valence electrons. The fourth-order valence-corrected chi connectivity index (χ4v) is 4.33. The van der Waals surface area contributed by atoms with Crippen molar-refractivity contribution in [3.63, 3.8) is 0 Å². The van der Waals surface area contributed by atoms with E-state index in [1.807, 2.05) is 13.0 Å². The maximum Gasteiger partial charge on any atom is 0.337 e. The van der Waals surface area contributed by atoms with Crippen molar-refractivity contribution >= 4 is 23.6 Å². The molecule has 0 spiro atoms. The quantitative estimate of drug-likeness (QED) is 0.538. The number of amides is 2. The fraction of sp³-hybridized carbons (Fsp3) is 0.391. The zero-order chi connectivity index (χ0) is 23.5. The summed E-state index contributed by atoms with van der Waals surface area (Å²) in [5.41, 5.74) is 5.10. The minimum Gasteiger partial charge on any atom is -0.478 e. The van der Waals surface area contributed by atoms with E-state index in [0.29, 0.717) is 12.0 Å². The number of primary amides is 1. The maximum absolute atomic E-state index is 13.6. The first kappa shape index (κ1) is 23.2. The van der Waals surface area contributed by atoms with E-state index in [9.17, 15) is 24.3 Å². The van der Waals surface area contributed by atoms with Crippen molar-refractivity contribution in [3.05, 3.63) is 59.9 Å². The first-order valence-corrected chi connectivity index (χ1v) is 10.4. The van der Waals surface area contributed by atoms with Gasteiger partial charge in [-0.15, -0.1) is 0 Å². The Hall–Kier alpha value is -3.46. The summed E-state index contributed by atoms with van der Waals surface area (Å²) >= 11 is 0. The summed E-state index contributed by atoms with van der Waals surface area (Å²) < 4.78 is 6.92. The highest BCUT2D eigenvalue weighted by Gasteiger charge is 2.45. The summed E-state index contributed by atoms with van der Waals surface area (Å²) in [6, 6.07) is 8.42. The Labute approximate surface area is 185 Å². The summed E-state index contributed by atoms with van der Waals surface area (Å²) in [5, 5.41) is 12.1. The number of hydrogen-bond donors (Lipinski definition) is 3. The van der Waals surface area contributed by atoms with Crippen LogP contribution in [0.5, 0.6) is 0 Å². The number of Topliss-reactive ketones (excluding diaryl/α,β-unsaturated/α-hetero) is 1. The number of aromatic nitrogens is 1. The molecule has 1 aliphatic rings. The summed E-state index contributed by atoms with van der Waals surface area (Å²) in [6.07, 6.45) is 2.71. The van der Waals surface area contributed by atoms with Gasteiger partial charge >= 0.3 is 5.97 Å². The molecule has 0 radical (unpaired) electrons. The summed E-state index contributed by atoms with van der Waals surface area (Å²) in [7, 11) is 0. The van der Waals surface area contributed by atoms with E-state index in [4.69, 9.17) is 10.5 Å². The highest BCUT2D eigenvalue weighted by Crippen LogP contribution is 2.39. The highest BCUT2D eigenvalue weighted by molar-refractivity contribution is 5.94. The van der Waals surface area contributed by atoms with Gasteiger partial charge in [-0.05, 0) is 18.1 Å². The average molecular weight is 441 g/mol. The topological polar surface area (TPSA) is 141 Å². The van der Waals surface area contributed by atoms with E-state index in [0.717, 1.165) is 0 Å². The van der Waals surface area contributed by atoms with Crippen LogP contribution in [-0.4, -0.2) is 52.0 Å². The van der Waals surface area contributed by atoms with Gasteiger partial charge in [0.2, 0.25) is 11.8 Å². The number of benzene rings is 1. The highest BCUT2D eigenvalue weighted by atomic mass is 16.5. The van der Waals surface area contributed by atoms with E-state index in [-0.39, 0.29) is 24.4 Å². The molecule has 0 bridgehead atoms. The second kappa shape index (κ2) is 9.35. The molecule has 1 aromatic carbocycles. The normalized spacial score (nSPS) is 21.0. The van der Waals surface area contributed by atoms with Crippen molar-refractivity contribution < 1.29 is 29.0 Å². The molecule has 4 N–H and O–H groups in total. The first-order chi connectivity index (χ1) is 15.2. The van der Waals surface area contributed by atoms with Crippen molar-refractivity contribution in [3.8, 4) is 0 Å². The van der Waals surface area contributed by atoms with Crippen molar-refractivity contribution in [2.45, 2.75) is 50.3 Å². The molecule has 1 aliphatic heterocycles. The third-order valence-electron chi connectivity index (χ3n) is 5.94. The van der Waals surface area contributed by atoms with Crippen LogP contribution >= 0.6 is 0 Å². The third-order valence-corrected chi connectivity index (χ3v) is 5.94. The number of rotatable bonds is 9. The molecule has 1 fully saturated rings. The Morgan fingerprint density at radius 3 is 2.53 bits per heavy atom. The number of nitrogens with zero attached hydrogens (tertiary/aromatic N) is 1. The lowest BCUT2D eigenvalue weighted by molar-refractivity contribution is -0.131. The van der Waals surface area contributed by atoms with Crippen LogP contribution in [0.3, 0.4) is 0 Å². The molecule has 4 atom stereocenters. The van der Waals surface area contributed by atoms with Gasteiger partial charge in [0.1, 0.15) is 18.7 Å². The number of carbonyl (C=O) groups excluding carboxylic acids is 3. The molecular formula is C23H27N3O6. The minimum absolute atomic E-state index is 0.0102. The molecule has 3 rings (SSSR count). The number of carboxylic acid groups (broad SMARTS) is 1. The Bertz CT molecular complexity index is 1020. The molecule has 2 aromatic rings. The lowest BCUT2D eigenvalue weighted by Gasteiger charge is -2.38. The molecule has 2 amide bonds. The van der Waals surface area contributed by atoms with Gasteiger partial charge < -0.3 is 25.5 Å². The van der Waals surface area contributed by atoms with Crippen LogP contribution < -0.4 is 11.1 Å². The summed E-state index contributed by atoms with van der Waals surface area (Å²) in [4.78, 5) is 49.5. The number of ether oxygens (including phenoxy) is 1.